The molecule has 0 bridgehead atoms. The largest absolute Gasteiger partial charge is 0.506 e. The van der Waals surface area contributed by atoms with Crippen LogP contribution in [0, 0.1) is 13.8 Å². The fraction of sp³-hybridized carbons (Fsp3) is 0.243. The molecule has 0 atom stereocenters. The molecule has 10 nitrogen and oxygen atoms in total. The van der Waals surface area contributed by atoms with E-state index in [-0.39, 0.29) is 47.7 Å². The maximum atomic E-state index is 13.1. The molecule has 4 aromatic carbocycles. The summed E-state index contributed by atoms with van der Waals surface area (Å²) in [7, 11) is 2.64. The van der Waals surface area contributed by atoms with Gasteiger partial charge < -0.3 is 30.3 Å². The first kappa shape index (κ1) is 34.2. The van der Waals surface area contributed by atoms with Gasteiger partial charge in [-0.05, 0) is 95.8 Å². The van der Waals surface area contributed by atoms with E-state index in [1.54, 1.807) is 74.5 Å². The lowest BCUT2D eigenvalue weighted by Crippen LogP contribution is -2.21. The van der Waals surface area contributed by atoms with Crippen molar-refractivity contribution in [2.75, 3.05) is 24.9 Å². The normalized spacial score (nSPS) is 11.0. The number of methoxy groups -OCH3 is 2. The van der Waals surface area contributed by atoms with Crippen molar-refractivity contribution >= 4 is 35.1 Å². The number of carbonyl (C=O) groups excluding carboxylic acids is 4. The first-order valence-corrected chi connectivity index (χ1v) is 14.9. The number of phenols is 2. The number of esters is 2. The van der Waals surface area contributed by atoms with Gasteiger partial charge in [0.1, 0.15) is 11.5 Å². The lowest BCUT2D eigenvalue weighted by Gasteiger charge is -2.28. The van der Waals surface area contributed by atoms with Crippen LogP contribution in [0.4, 0.5) is 11.4 Å². The highest BCUT2D eigenvalue weighted by molar-refractivity contribution is 6.06. The molecule has 4 rings (SSSR count). The van der Waals surface area contributed by atoms with Crippen molar-refractivity contribution in [2.24, 2.45) is 0 Å². The van der Waals surface area contributed by atoms with Crippen molar-refractivity contribution in [3.63, 3.8) is 0 Å². The van der Waals surface area contributed by atoms with Crippen LogP contribution in [0.1, 0.15) is 67.9 Å². The van der Waals surface area contributed by atoms with Crippen LogP contribution in [0.25, 0.3) is 0 Å². The lowest BCUT2D eigenvalue weighted by atomic mass is 9.77. The van der Waals surface area contributed by atoms with Gasteiger partial charge in [-0.3, -0.25) is 19.2 Å². The molecule has 4 aromatic rings. The number of anilines is 2. The summed E-state index contributed by atoms with van der Waals surface area (Å²) in [5.74, 6) is -1.88. The van der Waals surface area contributed by atoms with E-state index in [1.165, 1.54) is 26.4 Å². The Morgan fingerprint density at radius 2 is 1.00 bits per heavy atom. The van der Waals surface area contributed by atoms with Crippen molar-refractivity contribution in [2.45, 2.75) is 46.0 Å². The molecule has 0 unspecified atom stereocenters. The van der Waals surface area contributed by atoms with Gasteiger partial charge in [0.15, 0.2) is 0 Å². The predicted octanol–water partition coefficient (Wildman–Crippen LogP) is 5.98. The maximum absolute atomic E-state index is 13.1. The van der Waals surface area contributed by atoms with E-state index in [0.717, 1.165) is 33.4 Å². The molecule has 0 spiro atoms. The summed E-state index contributed by atoms with van der Waals surface area (Å²) < 4.78 is 9.46. The zero-order chi connectivity index (χ0) is 34.5. The molecule has 0 aromatic heterocycles. The van der Waals surface area contributed by atoms with Gasteiger partial charge in [0.2, 0.25) is 0 Å². The van der Waals surface area contributed by atoms with Crippen LogP contribution >= 0.6 is 0 Å². The van der Waals surface area contributed by atoms with E-state index >= 15 is 0 Å². The molecule has 47 heavy (non-hydrogen) atoms. The number of rotatable bonds is 10. The third-order valence-electron chi connectivity index (χ3n) is 8.27. The number of ether oxygens (including phenoxy) is 2. The molecular weight excluding hydrogens is 600 g/mol. The smallest absolute Gasteiger partial charge is 0.309 e. The highest BCUT2D eigenvalue weighted by atomic mass is 16.5. The van der Waals surface area contributed by atoms with Crippen molar-refractivity contribution in [1.82, 2.24) is 0 Å². The third kappa shape index (κ3) is 7.96. The number of benzene rings is 4. The summed E-state index contributed by atoms with van der Waals surface area (Å²) in [6.07, 6.45) is 0.187. The molecule has 2 amide bonds. The summed E-state index contributed by atoms with van der Waals surface area (Å²) >= 11 is 0. The summed E-state index contributed by atoms with van der Waals surface area (Å²) in [6.45, 7) is 7.48. The van der Waals surface area contributed by atoms with Crippen LogP contribution in [0.3, 0.4) is 0 Å². The maximum Gasteiger partial charge on any atom is 0.309 e. The van der Waals surface area contributed by atoms with E-state index in [4.69, 9.17) is 9.47 Å². The molecule has 0 saturated carbocycles. The molecule has 10 heteroatoms. The van der Waals surface area contributed by atoms with Gasteiger partial charge in [0.05, 0.1) is 38.4 Å². The molecule has 0 aliphatic carbocycles. The molecule has 0 heterocycles. The first-order valence-electron chi connectivity index (χ1n) is 14.9. The van der Waals surface area contributed by atoms with Crippen LogP contribution in [-0.4, -0.2) is 48.2 Å². The molecule has 0 aliphatic heterocycles. The second-order valence-electron chi connectivity index (χ2n) is 11.8. The molecule has 0 saturated heterocycles. The average Bonchev–Trinajstić information content (AvgIpc) is 3.04. The second-order valence-corrected chi connectivity index (χ2v) is 11.8. The number of nitrogens with one attached hydrogen (secondary N) is 2. The first-order chi connectivity index (χ1) is 22.2. The Morgan fingerprint density at radius 1 is 0.617 bits per heavy atom. The Balaban J connectivity index is 1.55. The van der Waals surface area contributed by atoms with Crippen molar-refractivity contribution in [1.29, 1.82) is 0 Å². The fourth-order valence-electron chi connectivity index (χ4n) is 5.13. The van der Waals surface area contributed by atoms with E-state index < -0.39 is 17.2 Å². The molecule has 0 aliphatic rings. The summed E-state index contributed by atoms with van der Waals surface area (Å²) in [6, 6.07) is 19.8. The highest BCUT2D eigenvalue weighted by Gasteiger charge is 2.26. The van der Waals surface area contributed by atoms with Gasteiger partial charge in [-0.25, -0.2) is 0 Å². The van der Waals surface area contributed by atoms with Gasteiger partial charge in [0, 0.05) is 16.5 Å². The second kappa shape index (κ2) is 14.2. The predicted molar refractivity (Wildman–Crippen MR) is 178 cm³/mol. The van der Waals surface area contributed by atoms with Crippen LogP contribution in [0.5, 0.6) is 11.5 Å². The molecule has 0 radical (unpaired) electrons. The lowest BCUT2D eigenvalue weighted by molar-refractivity contribution is -0.140. The minimum Gasteiger partial charge on any atom is -0.506 e. The molecule has 0 fully saturated rings. The zero-order valence-corrected chi connectivity index (χ0v) is 27.2. The Kier molecular flexibility index (Phi) is 10.3. The number of amides is 2. The number of hydrogen-bond donors (Lipinski definition) is 4. The number of hydrogen-bond acceptors (Lipinski definition) is 8. The van der Waals surface area contributed by atoms with Crippen molar-refractivity contribution in [3.8, 4) is 11.5 Å². The van der Waals surface area contributed by atoms with Gasteiger partial charge in [-0.1, -0.05) is 38.1 Å². The van der Waals surface area contributed by atoms with E-state index in [1.807, 2.05) is 13.8 Å². The van der Waals surface area contributed by atoms with Crippen LogP contribution in [-0.2, 0) is 37.3 Å². The van der Waals surface area contributed by atoms with E-state index in [9.17, 15) is 29.4 Å². The average molecular weight is 639 g/mol. The number of aryl methyl sites for hydroxylation is 2. The van der Waals surface area contributed by atoms with Crippen LogP contribution in [0.15, 0.2) is 72.8 Å². The van der Waals surface area contributed by atoms with Gasteiger partial charge in [-0.15, -0.1) is 0 Å². The zero-order valence-electron chi connectivity index (χ0n) is 27.2. The van der Waals surface area contributed by atoms with Crippen LogP contribution < -0.4 is 10.6 Å². The van der Waals surface area contributed by atoms with Crippen molar-refractivity contribution < 1.29 is 38.9 Å². The van der Waals surface area contributed by atoms with Crippen molar-refractivity contribution in [3.05, 3.63) is 117 Å². The van der Waals surface area contributed by atoms with Gasteiger partial charge in [0.25, 0.3) is 11.8 Å². The number of phenolic OH excluding ortho intramolecular Hbond substituents is 2. The minimum absolute atomic E-state index is 0.0933. The summed E-state index contributed by atoms with van der Waals surface area (Å²) in [5, 5.41) is 26.8. The molecular formula is C37H38N2O8. The third-order valence-corrected chi connectivity index (χ3v) is 8.27. The standard InChI is InChI=1S/C37H38N2O8/c1-21-15-25(9-7-23(21)17-33(42)46-5)35(44)38-29-19-27(11-13-31(29)40)37(3,4)28-12-14-32(41)30(20-28)39-36(45)26-10-8-24(22(2)16-26)18-34(43)47-6/h7-16,19-20,40-41H,17-18H2,1-6H3,(H,38,44)(H,39,45). The van der Waals surface area contributed by atoms with Gasteiger partial charge >= 0.3 is 11.9 Å². The van der Waals surface area contributed by atoms with E-state index in [0.29, 0.717) is 11.1 Å². The van der Waals surface area contributed by atoms with Gasteiger partial charge in [-0.2, -0.15) is 0 Å². The Hall–Kier alpha value is -5.64. The topological polar surface area (TPSA) is 151 Å². The van der Waals surface area contributed by atoms with E-state index in [2.05, 4.69) is 10.6 Å². The fourth-order valence-corrected chi connectivity index (χ4v) is 5.13. The SMILES string of the molecule is COC(=O)Cc1ccc(C(=O)Nc2cc(C(C)(C)c3ccc(O)c(NC(=O)c4ccc(CC(=O)OC)c(C)c4)c3)ccc2O)cc1C. The Morgan fingerprint density at radius 3 is 1.34 bits per heavy atom. The molecule has 4 N–H and O–H groups in total. The quantitative estimate of drug-likeness (QED) is 0.122. The van der Waals surface area contributed by atoms with Crippen LogP contribution in [0.2, 0.25) is 0 Å². The Labute approximate surface area is 273 Å². The monoisotopic (exact) mass is 638 g/mol. The minimum atomic E-state index is -0.696. The Bertz CT molecular complexity index is 1730. The highest BCUT2D eigenvalue weighted by Crippen LogP contribution is 2.38. The molecule has 244 valence electrons. The summed E-state index contributed by atoms with van der Waals surface area (Å²) in [5.41, 5.74) is 4.90. The number of aromatic hydroxyl groups is 2. The number of carbonyl (C=O) groups is 4. The summed E-state index contributed by atoms with van der Waals surface area (Å²) in [4.78, 5) is 49.6.